The number of aryl methyl sites for hydroxylation is 1. The number of rotatable bonds is 3. The molecule has 2 heterocycles. The van der Waals surface area contributed by atoms with Crippen molar-refractivity contribution in [3.05, 3.63) is 41.6 Å². The maximum Gasteiger partial charge on any atom is 0.214 e. The molecule has 19 heavy (non-hydrogen) atoms. The Bertz CT molecular complexity index is 569. The molecule has 2 rings (SSSR count). The predicted octanol–water partition coefficient (Wildman–Crippen LogP) is 2.86. The molecule has 0 aliphatic carbocycles. The summed E-state index contributed by atoms with van der Waals surface area (Å²) in [7, 11) is 1.90. The third-order valence-electron chi connectivity index (χ3n) is 2.79. The topological polar surface area (TPSA) is 42.7 Å². The standard InChI is InChI=1S/C14H19FN4/c1-14(2,3)13-10(9-19(4)18-13)8-16-12-7-5-6-11(15)17-12/h5-7,9H,8H2,1-4H3,(H,16,17). The minimum absolute atomic E-state index is 0.0202. The molecule has 0 aliphatic heterocycles. The Hall–Kier alpha value is -1.91. The first kappa shape index (κ1) is 13.5. The van der Waals surface area contributed by atoms with Crippen molar-refractivity contribution in [1.29, 1.82) is 0 Å². The second kappa shape index (κ2) is 4.99. The van der Waals surface area contributed by atoms with Gasteiger partial charge < -0.3 is 5.32 Å². The van der Waals surface area contributed by atoms with Crippen molar-refractivity contribution in [3.8, 4) is 0 Å². The molecule has 0 radical (unpaired) electrons. The minimum atomic E-state index is -0.479. The molecule has 0 bridgehead atoms. The van der Waals surface area contributed by atoms with Gasteiger partial charge >= 0.3 is 0 Å². The lowest BCUT2D eigenvalue weighted by Crippen LogP contribution is -2.16. The zero-order chi connectivity index (χ0) is 14.0. The van der Waals surface area contributed by atoms with Gasteiger partial charge in [-0.05, 0) is 12.1 Å². The van der Waals surface area contributed by atoms with Crippen molar-refractivity contribution in [2.75, 3.05) is 5.32 Å². The first-order chi connectivity index (χ1) is 8.86. The summed E-state index contributed by atoms with van der Waals surface area (Å²) >= 11 is 0. The molecular weight excluding hydrogens is 243 g/mol. The van der Waals surface area contributed by atoms with E-state index in [9.17, 15) is 4.39 Å². The summed E-state index contributed by atoms with van der Waals surface area (Å²) in [5.74, 6) is 0.0518. The van der Waals surface area contributed by atoms with Crippen LogP contribution >= 0.6 is 0 Å². The molecule has 1 N–H and O–H groups in total. The summed E-state index contributed by atoms with van der Waals surface area (Å²) in [6, 6.07) is 4.71. The van der Waals surface area contributed by atoms with Crippen LogP contribution in [0.3, 0.4) is 0 Å². The summed E-state index contributed by atoms with van der Waals surface area (Å²) in [6.45, 7) is 6.95. The van der Waals surface area contributed by atoms with Gasteiger partial charge in [0.25, 0.3) is 0 Å². The highest BCUT2D eigenvalue weighted by molar-refractivity contribution is 5.36. The summed E-state index contributed by atoms with van der Waals surface area (Å²) in [6.07, 6.45) is 1.98. The van der Waals surface area contributed by atoms with Gasteiger partial charge in [-0.2, -0.15) is 9.49 Å². The molecule has 0 unspecified atom stereocenters. The van der Waals surface area contributed by atoms with Crippen LogP contribution in [0.2, 0.25) is 0 Å². The molecule has 102 valence electrons. The Labute approximate surface area is 112 Å². The van der Waals surface area contributed by atoms with Gasteiger partial charge in [-0.25, -0.2) is 4.98 Å². The van der Waals surface area contributed by atoms with Gasteiger partial charge in [-0.1, -0.05) is 26.8 Å². The number of aromatic nitrogens is 3. The van der Waals surface area contributed by atoms with E-state index in [0.717, 1.165) is 11.3 Å². The van der Waals surface area contributed by atoms with E-state index in [1.165, 1.54) is 6.07 Å². The van der Waals surface area contributed by atoms with Gasteiger partial charge in [-0.3, -0.25) is 4.68 Å². The molecule has 0 amide bonds. The van der Waals surface area contributed by atoms with Gasteiger partial charge in [0.1, 0.15) is 5.82 Å². The van der Waals surface area contributed by atoms with E-state index in [0.29, 0.717) is 12.4 Å². The number of anilines is 1. The van der Waals surface area contributed by atoms with Gasteiger partial charge in [0.2, 0.25) is 5.95 Å². The van der Waals surface area contributed by atoms with Crippen LogP contribution in [-0.2, 0) is 19.0 Å². The summed E-state index contributed by atoms with van der Waals surface area (Å²) in [4.78, 5) is 3.78. The molecule has 0 aromatic carbocycles. The Morgan fingerprint density at radius 2 is 2.05 bits per heavy atom. The van der Waals surface area contributed by atoms with Crippen LogP contribution in [0.15, 0.2) is 24.4 Å². The van der Waals surface area contributed by atoms with Crippen molar-refractivity contribution >= 4 is 5.82 Å². The van der Waals surface area contributed by atoms with E-state index in [1.54, 1.807) is 16.8 Å². The normalized spacial score (nSPS) is 11.6. The molecule has 0 atom stereocenters. The average Bonchev–Trinajstić information content (AvgIpc) is 2.68. The Morgan fingerprint density at radius 3 is 2.68 bits per heavy atom. The summed E-state index contributed by atoms with van der Waals surface area (Å²) in [5.41, 5.74) is 2.12. The molecule has 2 aromatic heterocycles. The van der Waals surface area contributed by atoms with Crippen molar-refractivity contribution < 1.29 is 4.39 Å². The maximum absolute atomic E-state index is 13.0. The smallest absolute Gasteiger partial charge is 0.214 e. The maximum atomic E-state index is 13.0. The van der Waals surface area contributed by atoms with E-state index in [1.807, 2.05) is 13.2 Å². The van der Waals surface area contributed by atoms with Crippen LogP contribution in [0, 0.1) is 5.95 Å². The summed E-state index contributed by atoms with van der Waals surface area (Å²) < 4.78 is 14.8. The molecule has 0 fully saturated rings. The highest BCUT2D eigenvalue weighted by atomic mass is 19.1. The Kier molecular flexibility index (Phi) is 3.55. The lowest BCUT2D eigenvalue weighted by atomic mass is 9.89. The predicted molar refractivity (Wildman–Crippen MR) is 73.4 cm³/mol. The fraction of sp³-hybridized carbons (Fsp3) is 0.429. The van der Waals surface area contributed by atoms with Crippen LogP contribution in [0.1, 0.15) is 32.0 Å². The number of nitrogens with zero attached hydrogens (tertiary/aromatic N) is 3. The summed E-state index contributed by atoms with van der Waals surface area (Å²) in [5, 5.41) is 7.62. The molecule has 2 aromatic rings. The quantitative estimate of drug-likeness (QED) is 0.865. The molecule has 0 saturated carbocycles. The zero-order valence-corrected chi connectivity index (χ0v) is 11.7. The van der Waals surface area contributed by atoms with E-state index in [4.69, 9.17) is 0 Å². The van der Waals surface area contributed by atoms with Gasteiger partial charge in [0.15, 0.2) is 0 Å². The highest BCUT2D eigenvalue weighted by Gasteiger charge is 2.21. The Balaban J connectivity index is 2.16. The van der Waals surface area contributed by atoms with E-state index >= 15 is 0 Å². The number of nitrogens with one attached hydrogen (secondary N) is 1. The zero-order valence-electron chi connectivity index (χ0n) is 11.7. The molecule has 4 nitrogen and oxygen atoms in total. The number of pyridine rings is 1. The van der Waals surface area contributed by atoms with Crippen LogP contribution in [0.4, 0.5) is 10.2 Å². The first-order valence-corrected chi connectivity index (χ1v) is 6.26. The average molecular weight is 262 g/mol. The van der Waals surface area contributed by atoms with E-state index in [2.05, 4.69) is 36.2 Å². The first-order valence-electron chi connectivity index (χ1n) is 6.26. The second-order valence-electron chi connectivity index (χ2n) is 5.63. The molecule has 0 aliphatic rings. The fourth-order valence-electron chi connectivity index (χ4n) is 1.99. The number of halogens is 1. The van der Waals surface area contributed by atoms with Crippen LogP contribution in [0.5, 0.6) is 0 Å². The number of hydrogen-bond acceptors (Lipinski definition) is 3. The minimum Gasteiger partial charge on any atom is -0.366 e. The largest absolute Gasteiger partial charge is 0.366 e. The van der Waals surface area contributed by atoms with E-state index in [-0.39, 0.29) is 5.41 Å². The van der Waals surface area contributed by atoms with Crippen molar-refractivity contribution in [2.45, 2.75) is 32.7 Å². The monoisotopic (exact) mass is 262 g/mol. The third kappa shape index (κ3) is 3.30. The Morgan fingerprint density at radius 1 is 1.32 bits per heavy atom. The number of hydrogen-bond donors (Lipinski definition) is 1. The second-order valence-corrected chi connectivity index (χ2v) is 5.63. The van der Waals surface area contributed by atoms with Crippen molar-refractivity contribution in [3.63, 3.8) is 0 Å². The van der Waals surface area contributed by atoms with Crippen molar-refractivity contribution in [1.82, 2.24) is 14.8 Å². The molecule has 0 spiro atoms. The fourth-order valence-corrected chi connectivity index (χ4v) is 1.99. The lowest BCUT2D eigenvalue weighted by molar-refractivity contribution is 0.548. The van der Waals surface area contributed by atoms with Gasteiger partial charge in [0, 0.05) is 30.8 Å². The van der Waals surface area contributed by atoms with Gasteiger partial charge in [-0.15, -0.1) is 0 Å². The third-order valence-corrected chi connectivity index (χ3v) is 2.79. The molecule has 0 saturated heterocycles. The van der Waals surface area contributed by atoms with Crippen LogP contribution < -0.4 is 5.32 Å². The van der Waals surface area contributed by atoms with Crippen LogP contribution in [0.25, 0.3) is 0 Å². The SMILES string of the molecule is Cn1cc(CNc2cccc(F)n2)c(C(C)(C)C)n1. The van der Waals surface area contributed by atoms with Gasteiger partial charge in [0.05, 0.1) is 5.69 Å². The lowest BCUT2D eigenvalue weighted by Gasteiger charge is -2.17. The molecular formula is C14H19FN4. The van der Waals surface area contributed by atoms with E-state index < -0.39 is 5.95 Å². The van der Waals surface area contributed by atoms with Crippen molar-refractivity contribution in [2.24, 2.45) is 7.05 Å². The highest BCUT2D eigenvalue weighted by Crippen LogP contribution is 2.24. The molecule has 5 heteroatoms. The van der Waals surface area contributed by atoms with Crippen LogP contribution in [-0.4, -0.2) is 14.8 Å².